The van der Waals surface area contributed by atoms with Crippen molar-refractivity contribution >= 4 is 17.3 Å². The van der Waals surface area contributed by atoms with Crippen molar-refractivity contribution in [1.82, 2.24) is 4.90 Å². The van der Waals surface area contributed by atoms with Crippen molar-refractivity contribution in [3.05, 3.63) is 23.8 Å². The Kier molecular flexibility index (Phi) is 6.27. The summed E-state index contributed by atoms with van der Waals surface area (Å²) in [6, 6.07) is 4.83. The molecule has 0 saturated carbocycles. The molecule has 1 atom stereocenters. The van der Waals surface area contributed by atoms with Crippen molar-refractivity contribution in [2.24, 2.45) is 0 Å². The molecule has 0 radical (unpaired) electrons. The average molecular weight is 281 g/mol. The minimum Gasteiger partial charge on any atom is -0.399 e. The van der Waals surface area contributed by atoms with Gasteiger partial charge in [-0.25, -0.2) is 0 Å². The predicted molar refractivity (Wildman–Crippen MR) is 79.5 cm³/mol. The van der Waals surface area contributed by atoms with Crippen LogP contribution in [0, 0.1) is 0 Å². The Balaban J connectivity index is 2.96. The highest BCUT2D eigenvalue weighted by atomic mass is 16.5. The quantitative estimate of drug-likeness (QED) is 0.727. The molecular weight excluding hydrogens is 258 g/mol. The third-order valence-electron chi connectivity index (χ3n) is 3.04. The zero-order valence-electron chi connectivity index (χ0n) is 12.3. The molecule has 20 heavy (non-hydrogen) atoms. The lowest BCUT2D eigenvalue weighted by atomic mass is 10.1. The molecule has 4 N–H and O–H groups in total. The van der Waals surface area contributed by atoms with E-state index in [0.29, 0.717) is 36.7 Å². The highest BCUT2D eigenvalue weighted by Gasteiger charge is 2.22. The van der Waals surface area contributed by atoms with Crippen molar-refractivity contribution in [2.75, 3.05) is 45.4 Å². The summed E-state index contributed by atoms with van der Waals surface area (Å²) in [6.45, 7) is 3.30. The molecule has 1 amide bonds. The van der Waals surface area contributed by atoms with Gasteiger partial charge >= 0.3 is 0 Å². The number of methoxy groups -OCH3 is 2. The molecule has 6 heteroatoms. The fourth-order valence-corrected chi connectivity index (χ4v) is 1.97. The maximum Gasteiger partial charge on any atom is 0.256 e. The number of nitrogens with zero attached hydrogens (tertiary/aromatic N) is 1. The molecule has 112 valence electrons. The van der Waals surface area contributed by atoms with Crippen LogP contribution in [0.3, 0.4) is 0 Å². The molecule has 0 heterocycles. The SMILES string of the molecule is COCCN(C(=O)c1ccc(N)cc1N)C(C)COC. The van der Waals surface area contributed by atoms with E-state index in [9.17, 15) is 4.79 Å². The second kappa shape index (κ2) is 7.72. The van der Waals surface area contributed by atoms with Gasteiger partial charge in [0.1, 0.15) is 0 Å². The fourth-order valence-electron chi connectivity index (χ4n) is 1.97. The van der Waals surface area contributed by atoms with Crippen LogP contribution in [0.1, 0.15) is 17.3 Å². The largest absolute Gasteiger partial charge is 0.399 e. The molecule has 0 bridgehead atoms. The van der Waals surface area contributed by atoms with Gasteiger partial charge in [0, 0.05) is 32.1 Å². The number of ether oxygens (including phenoxy) is 2. The molecule has 1 aromatic rings. The molecule has 0 spiro atoms. The molecule has 1 rings (SSSR count). The Morgan fingerprint density at radius 2 is 2.00 bits per heavy atom. The van der Waals surface area contributed by atoms with Gasteiger partial charge in [-0.05, 0) is 25.1 Å². The molecule has 1 aromatic carbocycles. The fraction of sp³-hybridized carbons (Fsp3) is 0.500. The van der Waals surface area contributed by atoms with Gasteiger partial charge < -0.3 is 25.8 Å². The summed E-state index contributed by atoms with van der Waals surface area (Å²) < 4.78 is 10.2. The molecule has 1 unspecified atom stereocenters. The van der Waals surface area contributed by atoms with Gasteiger partial charge in [0.25, 0.3) is 5.91 Å². The van der Waals surface area contributed by atoms with Gasteiger partial charge in [-0.15, -0.1) is 0 Å². The Morgan fingerprint density at radius 3 is 2.55 bits per heavy atom. The number of carbonyl (C=O) groups is 1. The van der Waals surface area contributed by atoms with E-state index < -0.39 is 0 Å². The normalized spacial score (nSPS) is 12.2. The minimum absolute atomic E-state index is 0.0698. The Morgan fingerprint density at radius 1 is 1.30 bits per heavy atom. The number of hydrogen-bond acceptors (Lipinski definition) is 5. The Labute approximate surface area is 119 Å². The highest BCUT2D eigenvalue weighted by Crippen LogP contribution is 2.19. The van der Waals surface area contributed by atoms with Gasteiger partial charge in [0.05, 0.1) is 24.8 Å². The molecule has 0 fully saturated rings. The number of amides is 1. The number of anilines is 2. The summed E-state index contributed by atoms with van der Waals surface area (Å²) in [5.74, 6) is -0.149. The van der Waals surface area contributed by atoms with Crippen LogP contribution in [-0.4, -0.2) is 50.8 Å². The first-order valence-corrected chi connectivity index (χ1v) is 6.45. The van der Waals surface area contributed by atoms with Crippen LogP contribution in [0.25, 0.3) is 0 Å². The molecule has 0 aliphatic carbocycles. The first-order chi connectivity index (χ1) is 9.51. The van der Waals surface area contributed by atoms with E-state index in [4.69, 9.17) is 20.9 Å². The standard InChI is InChI=1S/C14H23N3O3/c1-10(9-20-3)17(6-7-19-2)14(18)12-5-4-11(15)8-13(12)16/h4-5,8,10H,6-7,9,15-16H2,1-3H3. The van der Waals surface area contributed by atoms with Crippen LogP contribution in [0.5, 0.6) is 0 Å². The molecule has 6 nitrogen and oxygen atoms in total. The number of rotatable bonds is 7. The van der Waals surface area contributed by atoms with Crippen LogP contribution >= 0.6 is 0 Å². The van der Waals surface area contributed by atoms with Gasteiger partial charge in [0.15, 0.2) is 0 Å². The smallest absolute Gasteiger partial charge is 0.256 e. The van der Waals surface area contributed by atoms with E-state index in [1.165, 1.54) is 0 Å². The number of benzene rings is 1. The minimum atomic E-state index is -0.149. The number of nitrogens with two attached hydrogens (primary N) is 2. The third-order valence-corrected chi connectivity index (χ3v) is 3.04. The van der Waals surface area contributed by atoms with Crippen molar-refractivity contribution in [3.8, 4) is 0 Å². The van der Waals surface area contributed by atoms with Crippen molar-refractivity contribution in [3.63, 3.8) is 0 Å². The molecule has 0 aromatic heterocycles. The van der Waals surface area contributed by atoms with E-state index >= 15 is 0 Å². The summed E-state index contributed by atoms with van der Waals surface area (Å²) >= 11 is 0. The average Bonchev–Trinajstić information content (AvgIpc) is 2.39. The van der Waals surface area contributed by atoms with E-state index in [0.717, 1.165) is 0 Å². The summed E-state index contributed by atoms with van der Waals surface area (Å²) in [5, 5.41) is 0. The van der Waals surface area contributed by atoms with Gasteiger partial charge in [-0.1, -0.05) is 0 Å². The number of nitrogen functional groups attached to an aromatic ring is 2. The molecule has 0 aliphatic heterocycles. The highest BCUT2D eigenvalue weighted by molar-refractivity contribution is 5.99. The zero-order valence-corrected chi connectivity index (χ0v) is 12.3. The van der Waals surface area contributed by atoms with Crippen LogP contribution in [-0.2, 0) is 9.47 Å². The monoisotopic (exact) mass is 281 g/mol. The zero-order chi connectivity index (χ0) is 15.1. The Bertz CT molecular complexity index is 451. The van der Waals surface area contributed by atoms with Crippen molar-refractivity contribution in [1.29, 1.82) is 0 Å². The van der Waals surface area contributed by atoms with Crippen molar-refractivity contribution in [2.45, 2.75) is 13.0 Å². The number of carbonyl (C=O) groups excluding carboxylic acids is 1. The van der Waals surface area contributed by atoms with Crippen LogP contribution in [0.4, 0.5) is 11.4 Å². The molecule has 0 saturated heterocycles. The maximum absolute atomic E-state index is 12.6. The summed E-state index contributed by atoms with van der Waals surface area (Å²) in [7, 11) is 3.20. The van der Waals surface area contributed by atoms with Crippen LogP contribution in [0.2, 0.25) is 0 Å². The lowest BCUT2D eigenvalue weighted by molar-refractivity contribution is 0.0480. The lowest BCUT2D eigenvalue weighted by Gasteiger charge is -2.29. The van der Waals surface area contributed by atoms with Gasteiger partial charge in [0.2, 0.25) is 0 Å². The third kappa shape index (κ3) is 4.11. The van der Waals surface area contributed by atoms with Crippen LogP contribution < -0.4 is 11.5 Å². The van der Waals surface area contributed by atoms with Crippen molar-refractivity contribution < 1.29 is 14.3 Å². The summed E-state index contributed by atoms with van der Waals surface area (Å²) in [5.41, 5.74) is 12.9. The van der Waals surface area contributed by atoms with E-state index in [-0.39, 0.29) is 11.9 Å². The van der Waals surface area contributed by atoms with E-state index in [2.05, 4.69) is 0 Å². The summed E-state index contributed by atoms with van der Waals surface area (Å²) in [6.07, 6.45) is 0. The summed E-state index contributed by atoms with van der Waals surface area (Å²) in [4.78, 5) is 14.3. The molecular formula is C14H23N3O3. The maximum atomic E-state index is 12.6. The second-order valence-electron chi connectivity index (χ2n) is 4.64. The van der Waals surface area contributed by atoms with Crippen LogP contribution in [0.15, 0.2) is 18.2 Å². The van der Waals surface area contributed by atoms with E-state index in [1.54, 1.807) is 37.3 Å². The topological polar surface area (TPSA) is 90.8 Å². The number of hydrogen-bond donors (Lipinski definition) is 2. The lowest BCUT2D eigenvalue weighted by Crippen LogP contribution is -2.43. The van der Waals surface area contributed by atoms with Gasteiger partial charge in [-0.3, -0.25) is 4.79 Å². The Hall–Kier alpha value is -1.79. The van der Waals surface area contributed by atoms with Gasteiger partial charge in [-0.2, -0.15) is 0 Å². The van der Waals surface area contributed by atoms with E-state index in [1.807, 2.05) is 6.92 Å². The predicted octanol–water partition coefficient (Wildman–Crippen LogP) is 0.974. The molecule has 0 aliphatic rings. The first kappa shape index (κ1) is 16.3. The first-order valence-electron chi connectivity index (χ1n) is 6.45. The second-order valence-corrected chi connectivity index (χ2v) is 4.64.